The number of rotatable bonds is 6. The van der Waals surface area contributed by atoms with Crippen LogP contribution in [-0.2, 0) is 4.79 Å². The number of halogens is 2. The zero-order valence-corrected chi connectivity index (χ0v) is 12.9. The van der Waals surface area contributed by atoms with E-state index < -0.39 is 11.6 Å². The molecule has 0 fully saturated rings. The van der Waals surface area contributed by atoms with E-state index in [1.54, 1.807) is 19.9 Å². The lowest BCUT2D eigenvalue weighted by molar-refractivity contribution is -0.120. The molecule has 0 saturated carbocycles. The second kappa shape index (κ2) is 7.09. The monoisotopic (exact) mass is 317 g/mol. The van der Waals surface area contributed by atoms with Crippen LogP contribution in [0.1, 0.15) is 19.5 Å². The highest BCUT2D eigenvalue weighted by Gasteiger charge is 2.13. The fourth-order valence-electron chi connectivity index (χ4n) is 1.99. The second-order valence-corrected chi connectivity index (χ2v) is 5.38. The van der Waals surface area contributed by atoms with Gasteiger partial charge < -0.3 is 10.7 Å². The van der Waals surface area contributed by atoms with Gasteiger partial charge in [0.15, 0.2) is 17.4 Å². The smallest absolute Gasteiger partial charge is 0.166 e. The van der Waals surface area contributed by atoms with Crippen LogP contribution in [0.4, 0.5) is 14.5 Å². The molecule has 2 aromatic rings. The van der Waals surface area contributed by atoms with Crippen LogP contribution in [0.5, 0.6) is 0 Å². The lowest BCUT2D eigenvalue weighted by atomic mass is 10.1. The number of benzene rings is 1. The minimum atomic E-state index is -0.957. The summed E-state index contributed by atoms with van der Waals surface area (Å²) in [6, 6.07) is 5.45. The molecule has 23 heavy (non-hydrogen) atoms. The van der Waals surface area contributed by atoms with Gasteiger partial charge in [0.2, 0.25) is 0 Å². The van der Waals surface area contributed by atoms with Gasteiger partial charge in [-0.2, -0.15) is 0 Å². The van der Waals surface area contributed by atoms with Crippen molar-refractivity contribution in [1.82, 2.24) is 4.98 Å². The first kappa shape index (κ1) is 16.7. The van der Waals surface area contributed by atoms with Crippen molar-refractivity contribution in [3.8, 4) is 11.1 Å². The minimum absolute atomic E-state index is 0.00303. The highest BCUT2D eigenvalue weighted by molar-refractivity contribution is 5.89. The molecule has 120 valence electrons. The first-order valence-electron chi connectivity index (χ1n) is 7.15. The summed E-state index contributed by atoms with van der Waals surface area (Å²) in [5.41, 5.74) is 1.19. The Morgan fingerprint density at radius 1 is 1.39 bits per heavy atom. The number of anilines is 1. The van der Waals surface area contributed by atoms with E-state index in [2.05, 4.69) is 10.3 Å². The van der Waals surface area contributed by atoms with Gasteiger partial charge in [0.05, 0.1) is 12.2 Å². The summed E-state index contributed by atoms with van der Waals surface area (Å²) < 4.78 is 27.3. The third-order valence-electron chi connectivity index (χ3n) is 3.41. The highest BCUT2D eigenvalue weighted by atomic mass is 19.2. The van der Waals surface area contributed by atoms with E-state index in [1.165, 1.54) is 18.3 Å². The fraction of sp³-hybridized carbons (Fsp3) is 0.235. The molecule has 0 atom stereocenters. The van der Waals surface area contributed by atoms with E-state index in [0.29, 0.717) is 16.9 Å². The summed E-state index contributed by atoms with van der Waals surface area (Å²) in [4.78, 5) is 15.8. The van der Waals surface area contributed by atoms with Crippen LogP contribution in [0.25, 0.3) is 11.1 Å². The Balaban J connectivity index is 2.37. The Kier molecular flexibility index (Phi) is 5.16. The predicted octanol–water partition coefficient (Wildman–Crippen LogP) is 3.66. The maximum absolute atomic E-state index is 13.9. The number of hydrogen-bond donors (Lipinski definition) is 2. The van der Waals surface area contributed by atoms with Gasteiger partial charge in [0, 0.05) is 29.5 Å². The Bertz CT molecular complexity index is 745. The number of carbonyl (C=O) groups excluding carboxylic acids is 1. The number of hydrogen-bond acceptors (Lipinski definition) is 4. The SMILES string of the molecule is CC(C)C(=O)CNc1cc(-c2cccc(F)c2F)cnc1C=N. The van der Waals surface area contributed by atoms with E-state index in [-0.39, 0.29) is 23.8 Å². The van der Waals surface area contributed by atoms with Gasteiger partial charge in [-0.1, -0.05) is 26.0 Å². The van der Waals surface area contributed by atoms with Crippen LogP contribution >= 0.6 is 0 Å². The summed E-state index contributed by atoms with van der Waals surface area (Å²) in [5, 5.41) is 10.3. The van der Waals surface area contributed by atoms with Gasteiger partial charge in [-0.05, 0) is 12.1 Å². The number of Topliss-reactive ketones (excluding diaryl/α,β-unsaturated/α-hetero) is 1. The largest absolute Gasteiger partial charge is 0.376 e. The first-order valence-corrected chi connectivity index (χ1v) is 7.15. The number of nitrogens with zero attached hydrogens (tertiary/aromatic N) is 1. The lowest BCUT2D eigenvalue weighted by Crippen LogP contribution is -2.19. The molecule has 1 aromatic heterocycles. The van der Waals surface area contributed by atoms with Crippen LogP contribution in [0.3, 0.4) is 0 Å². The van der Waals surface area contributed by atoms with Crippen LogP contribution < -0.4 is 5.32 Å². The third-order valence-corrected chi connectivity index (χ3v) is 3.41. The summed E-state index contributed by atoms with van der Waals surface area (Å²) in [6.07, 6.45) is 2.40. The molecule has 4 nitrogen and oxygen atoms in total. The average molecular weight is 317 g/mol. The molecule has 0 aliphatic heterocycles. The number of carbonyl (C=O) groups is 1. The van der Waals surface area contributed by atoms with Crippen molar-refractivity contribution in [3.05, 3.63) is 47.8 Å². The van der Waals surface area contributed by atoms with Gasteiger partial charge in [-0.25, -0.2) is 8.78 Å². The molecule has 0 spiro atoms. The molecule has 0 amide bonds. The van der Waals surface area contributed by atoms with Crippen LogP contribution in [0.15, 0.2) is 30.5 Å². The molecule has 1 heterocycles. The van der Waals surface area contributed by atoms with E-state index in [0.717, 1.165) is 12.3 Å². The normalized spacial score (nSPS) is 10.7. The van der Waals surface area contributed by atoms with Crippen molar-refractivity contribution in [2.75, 3.05) is 11.9 Å². The molecule has 1 aromatic carbocycles. The number of pyridine rings is 1. The lowest BCUT2D eigenvalue weighted by Gasteiger charge is -2.12. The average Bonchev–Trinajstić information content (AvgIpc) is 2.54. The minimum Gasteiger partial charge on any atom is -0.376 e. The van der Waals surface area contributed by atoms with Crippen molar-refractivity contribution >= 4 is 17.7 Å². The van der Waals surface area contributed by atoms with Crippen LogP contribution in [0, 0.1) is 23.0 Å². The predicted molar refractivity (Wildman–Crippen MR) is 85.8 cm³/mol. The Labute approximate surface area is 133 Å². The summed E-state index contributed by atoms with van der Waals surface area (Å²) in [7, 11) is 0. The van der Waals surface area contributed by atoms with Crippen molar-refractivity contribution in [2.24, 2.45) is 5.92 Å². The topological polar surface area (TPSA) is 65.8 Å². The van der Waals surface area contributed by atoms with Crippen molar-refractivity contribution < 1.29 is 13.6 Å². The summed E-state index contributed by atoms with van der Waals surface area (Å²) in [6.45, 7) is 3.66. The molecular weight excluding hydrogens is 300 g/mol. The van der Waals surface area contributed by atoms with Crippen LogP contribution in [0.2, 0.25) is 0 Å². The first-order chi connectivity index (χ1) is 10.9. The molecule has 0 bridgehead atoms. The Morgan fingerprint density at radius 2 is 2.13 bits per heavy atom. The molecule has 0 unspecified atom stereocenters. The summed E-state index contributed by atoms with van der Waals surface area (Å²) in [5.74, 6) is -2.02. The molecule has 0 aliphatic rings. The standard InChI is InChI=1S/C17H17F2N3O/c1-10(2)16(23)9-22-14-6-11(8-21-15(14)7-20)12-4-3-5-13(18)17(12)19/h3-8,10,20,22H,9H2,1-2H3. The maximum Gasteiger partial charge on any atom is 0.166 e. The van der Waals surface area contributed by atoms with Crippen molar-refractivity contribution in [3.63, 3.8) is 0 Å². The zero-order chi connectivity index (χ0) is 17.0. The molecule has 6 heteroatoms. The molecular formula is C17H17F2N3O. The van der Waals surface area contributed by atoms with E-state index in [1.807, 2.05) is 0 Å². The quantitative estimate of drug-likeness (QED) is 0.799. The Hall–Kier alpha value is -2.63. The molecule has 0 aliphatic carbocycles. The van der Waals surface area contributed by atoms with E-state index >= 15 is 0 Å². The van der Waals surface area contributed by atoms with Crippen molar-refractivity contribution in [1.29, 1.82) is 5.41 Å². The zero-order valence-electron chi connectivity index (χ0n) is 12.9. The molecule has 0 saturated heterocycles. The second-order valence-electron chi connectivity index (χ2n) is 5.38. The van der Waals surface area contributed by atoms with Gasteiger partial charge in [-0.15, -0.1) is 0 Å². The fourth-order valence-corrected chi connectivity index (χ4v) is 1.99. The van der Waals surface area contributed by atoms with Gasteiger partial charge in [0.1, 0.15) is 5.69 Å². The van der Waals surface area contributed by atoms with Crippen molar-refractivity contribution in [2.45, 2.75) is 13.8 Å². The number of ketones is 1. The number of nitrogens with one attached hydrogen (secondary N) is 2. The van der Waals surface area contributed by atoms with Gasteiger partial charge in [0.25, 0.3) is 0 Å². The highest BCUT2D eigenvalue weighted by Crippen LogP contribution is 2.27. The van der Waals surface area contributed by atoms with Gasteiger partial charge in [-0.3, -0.25) is 9.78 Å². The maximum atomic E-state index is 13.9. The molecule has 2 N–H and O–H groups in total. The molecule has 2 rings (SSSR count). The Morgan fingerprint density at radius 3 is 2.78 bits per heavy atom. The molecule has 0 radical (unpaired) electrons. The van der Waals surface area contributed by atoms with Gasteiger partial charge >= 0.3 is 0 Å². The number of aromatic nitrogens is 1. The van der Waals surface area contributed by atoms with E-state index in [4.69, 9.17) is 5.41 Å². The summed E-state index contributed by atoms with van der Waals surface area (Å²) >= 11 is 0. The van der Waals surface area contributed by atoms with Crippen LogP contribution in [-0.4, -0.2) is 23.5 Å². The third kappa shape index (κ3) is 3.77. The van der Waals surface area contributed by atoms with E-state index in [9.17, 15) is 13.6 Å².